The molecule has 4 heterocycles. The highest BCUT2D eigenvalue weighted by atomic mass is 79.9. The highest BCUT2D eigenvalue weighted by Crippen LogP contribution is 2.74. The minimum atomic E-state index is -1.58. The van der Waals surface area contributed by atoms with E-state index >= 15 is 4.79 Å². The van der Waals surface area contributed by atoms with Gasteiger partial charge in [-0.25, -0.2) is 0 Å². The molecule has 1 aliphatic carbocycles. The van der Waals surface area contributed by atoms with Gasteiger partial charge in [-0.3, -0.25) is 19.4 Å². The second kappa shape index (κ2) is 8.08. The molecule has 0 saturated carbocycles. The van der Waals surface area contributed by atoms with Gasteiger partial charge < -0.3 is 5.11 Å². The number of hydrogen-bond acceptors (Lipinski definition) is 5. The number of Topliss-reactive ketones (excluding diaryl/α,β-unsaturated/α-hetero) is 2. The van der Waals surface area contributed by atoms with E-state index < -0.39 is 16.7 Å². The van der Waals surface area contributed by atoms with E-state index in [2.05, 4.69) is 48.9 Å². The predicted octanol–water partition coefficient (Wildman–Crippen LogP) is 5.52. The van der Waals surface area contributed by atoms with Crippen molar-refractivity contribution in [3.63, 3.8) is 0 Å². The fourth-order valence-electron chi connectivity index (χ4n) is 8.93. The van der Waals surface area contributed by atoms with Crippen molar-refractivity contribution in [2.24, 2.45) is 5.41 Å². The van der Waals surface area contributed by atoms with Crippen molar-refractivity contribution in [2.75, 3.05) is 19.6 Å². The van der Waals surface area contributed by atoms with Gasteiger partial charge in [0.15, 0.2) is 17.3 Å². The van der Waals surface area contributed by atoms with Crippen LogP contribution >= 0.6 is 31.9 Å². The van der Waals surface area contributed by atoms with Gasteiger partial charge in [-0.1, -0.05) is 80.4 Å². The third-order valence-electron chi connectivity index (χ3n) is 10.1. The first-order valence-electron chi connectivity index (χ1n) is 13.5. The Hall–Kier alpha value is -2.42. The van der Waals surface area contributed by atoms with E-state index in [4.69, 9.17) is 0 Å². The molecule has 2 spiro atoms. The van der Waals surface area contributed by atoms with E-state index in [-0.39, 0.29) is 23.5 Å². The molecule has 7 heteroatoms. The molecule has 3 aromatic rings. The van der Waals surface area contributed by atoms with Gasteiger partial charge >= 0.3 is 0 Å². The first kappa shape index (κ1) is 24.4. The molecule has 196 valence electrons. The highest BCUT2D eigenvalue weighted by molar-refractivity contribution is 9.10. The second-order valence-corrected chi connectivity index (χ2v) is 13.4. The van der Waals surface area contributed by atoms with Crippen molar-refractivity contribution < 1.29 is 14.7 Å². The van der Waals surface area contributed by atoms with Crippen LogP contribution in [0.4, 0.5) is 0 Å². The van der Waals surface area contributed by atoms with Crippen LogP contribution in [-0.4, -0.2) is 57.7 Å². The fraction of sp³-hybridized carbons (Fsp3) is 0.312. The molecule has 2 bridgehead atoms. The standard InChI is InChI=1S/C32H26Br2N2O3/c33-22-11-7-19(8-12-22)16-21-17-35-18-30(28(21)37)27(20-9-13-23(34)14-10-20)26-6-3-15-36(26)31(30)29(38)24-4-1-2-5-25(24)32(31,35)39/h1-2,4-5,7-14,16,26-27,39H,3,6,15,17-18H2/b21-16+/t26?,27-,30?,31?,32?/m0/s1. The molecule has 39 heavy (non-hydrogen) atoms. The van der Waals surface area contributed by atoms with E-state index in [0.29, 0.717) is 36.3 Å². The van der Waals surface area contributed by atoms with Gasteiger partial charge in [-0.05, 0) is 60.9 Å². The van der Waals surface area contributed by atoms with Crippen LogP contribution in [-0.2, 0) is 10.5 Å². The molecule has 4 aliphatic heterocycles. The number of hydrogen-bond donors (Lipinski definition) is 1. The minimum Gasteiger partial charge on any atom is -0.369 e. The maximum Gasteiger partial charge on any atom is 0.189 e. The van der Waals surface area contributed by atoms with E-state index in [1.165, 1.54) is 0 Å². The van der Waals surface area contributed by atoms with Crippen molar-refractivity contribution in [3.8, 4) is 0 Å². The van der Waals surface area contributed by atoms with E-state index in [1.807, 2.05) is 71.6 Å². The summed E-state index contributed by atoms with van der Waals surface area (Å²) in [5, 5.41) is 13.0. The van der Waals surface area contributed by atoms with Crippen LogP contribution in [0.3, 0.4) is 0 Å². The summed E-state index contributed by atoms with van der Waals surface area (Å²) in [6.45, 7) is 1.34. The normalized spacial score (nSPS) is 37.2. The summed E-state index contributed by atoms with van der Waals surface area (Å²) in [6.07, 6.45) is 3.78. The van der Waals surface area contributed by atoms with Gasteiger partial charge in [-0.15, -0.1) is 0 Å². The van der Waals surface area contributed by atoms with Gasteiger partial charge in [0, 0.05) is 50.7 Å². The zero-order valence-electron chi connectivity index (χ0n) is 21.1. The molecule has 5 unspecified atom stereocenters. The molecule has 3 aromatic carbocycles. The lowest BCUT2D eigenvalue weighted by Gasteiger charge is -2.45. The largest absolute Gasteiger partial charge is 0.369 e. The number of halogens is 2. The third kappa shape index (κ3) is 2.71. The Morgan fingerprint density at radius 1 is 0.897 bits per heavy atom. The van der Waals surface area contributed by atoms with Gasteiger partial charge in [0.1, 0.15) is 5.54 Å². The number of fused-ring (bicyclic) bond motifs is 5. The zero-order valence-corrected chi connectivity index (χ0v) is 24.3. The van der Waals surface area contributed by atoms with Gasteiger partial charge in [0.05, 0.1) is 5.41 Å². The molecule has 8 rings (SSSR count). The predicted molar refractivity (Wildman–Crippen MR) is 155 cm³/mol. The van der Waals surface area contributed by atoms with Gasteiger partial charge in [0.2, 0.25) is 0 Å². The molecule has 5 aliphatic rings. The van der Waals surface area contributed by atoms with Crippen LogP contribution in [0, 0.1) is 5.41 Å². The molecule has 4 saturated heterocycles. The number of aliphatic hydroxyl groups is 1. The quantitative estimate of drug-likeness (QED) is 0.372. The Kier molecular flexibility index (Phi) is 5.05. The van der Waals surface area contributed by atoms with Crippen molar-refractivity contribution in [1.82, 2.24) is 9.80 Å². The van der Waals surface area contributed by atoms with Crippen LogP contribution in [0.1, 0.15) is 45.8 Å². The molecule has 6 atom stereocenters. The molecule has 0 radical (unpaired) electrons. The van der Waals surface area contributed by atoms with Gasteiger partial charge in [-0.2, -0.15) is 0 Å². The smallest absolute Gasteiger partial charge is 0.189 e. The highest BCUT2D eigenvalue weighted by Gasteiger charge is 2.89. The van der Waals surface area contributed by atoms with E-state index in [0.717, 1.165) is 32.9 Å². The summed E-state index contributed by atoms with van der Waals surface area (Å²) in [7, 11) is 0. The summed E-state index contributed by atoms with van der Waals surface area (Å²) in [5.74, 6) is -0.321. The molecule has 1 N–H and O–H groups in total. The minimum absolute atomic E-state index is 0.000989. The van der Waals surface area contributed by atoms with Crippen LogP contribution in [0.25, 0.3) is 6.08 Å². The Labute approximate surface area is 243 Å². The lowest BCUT2D eigenvalue weighted by atomic mass is 9.57. The lowest BCUT2D eigenvalue weighted by Crippen LogP contribution is -2.67. The summed E-state index contributed by atoms with van der Waals surface area (Å²) in [4.78, 5) is 34.2. The van der Waals surface area contributed by atoms with Crippen molar-refractivity contribution in [1.29, 1.82) is 0 Å². The van der Waals surface area contributed by atoms with E-state index in [1.54, 1.807) is 0 Å². The summed E-state index contributed by atoms with van der Waals surface area (Å²) in [5.41, 5.74) is -0.251. The number of carbonyl (C=O) groups excluding carboxylic acids is 2. The average molecular weight is 646 g/mol. The number of rotatable bonds is 2. The topological polar surface area (TPSA) is 60.9 Å². The van der Waals surface area contributed by atoms with Crippen LogP contribution in [0.2, 0.25) is 0 Å². The maximum absolute atomic E-state index is 15.1. The SMILES string of the molecule is O=C1/C(=C/c2ccc(Br)cc2)CN2CC13[C@@H](c1ccc(Br)cc1)C1CCCN1C31C(=O)c3ccccc3C21O. The first-order chi connectivity index (χ1) is 18.8. The first-order valence-corrected chi connectivity index (χ1v) is 15.1. The molecule has 0 aromatic heterocycles. The Balaban J connectivity index is 1.44. The molecular weight excluding hydrogens is 620 g/mol. The Morgan fingerprint density at radius 3 is 2.33 bits per heavy atom. The van der Waals surface area contributed by atoms with E-state index in [9.17, 15) is 9.90 Å². The number of ketones is 2. The molecular formula is C32H26Br2N2O3. The van der Waals surface area contributed by atoms with Crippen molar-refractivity contribution >= 4 is 49.5 Å². The third-order valence-corrected chi connectivity index (χ3v) is 11.1. The number of benzene rings is 3. The summed E-state index contributed by atoms with van der Waals surface area (Å²) < 4.78 is 1.94. The lowest BCUT2D eigenvalue weighted by molar-refractivity contribution is -0.149. The van der Waals surface area contributed by atoms with Gasteiger partial charge in [0.25, 0.3) is 0 Å². The number of nitrogens with zero attached hydrogens (tertiary/aromatic N) is 2. The van der Waals surface area contributed by atoms with Crippen LogP contribution in [0.5, 0.6) is 0 Å². The molecule has 0 amide bonds. The van der Waals surface area contributed by atoms with Crippen LogP contribution < -0.4 is 0 Å². The number of carbonyl (C=O) groups is 2. The summed E-state index contributed by atoms with van der Waals surface area (Å²) in [6, 6.07) is 23.6. The average Bonchev–Trinajstić information content (AvgIpc) is 3.60. The van der Waals surface area contributed by atoms with Crippen molar-refractivity contribution in [3.05, 3.63) is 110 Å². The fourth-order valence-corrected chi connectivity index (χ4v) is 9.46. The van der Waals surface area contributed by atoms with Crippen molar-refractivity contribution in [2.45, 2.75) is 36.1 Å². The second-order valence-electron chi connectivity index (χ2n) is 11.6. The Morgan fingerprint density at radius 2 is 1.59 bits per heavy atom. The van der Waals surface area contributed by atoms with Crippen LogP contribution in [0.15, 0.2) is 87.3 Å². The molecule has 4 fully saturated rings. The monoisotopic (exact) mass is 644 g/mol. The zero-order chi connectivity index (χ0) is 26.7. The summed E-state index contributed by atoms with van der Waals surface area (Å²) >= 11 is 7.07. The molecule has 5 nitrogen and oxygen atoms in total. The Bertz CT molecular complexity index is 1600. The maximum atomic E-state index is 15.1. The number of piperidine rings is 1.